The first-order valence-corrected chi connectivity index (χ1v) is 16.3. The molecule has 1 aromatic rings. The van der Waals surface area contributed by atoms with Crippen molar-refractivity contribution < 1.29 is 0 Å². The first-order chi connectivity index (χ1) is 12.5. The van der Waals surface area contributed by atoms with Gasteiger partial charge in [0.2, 0.25) is 0 Å². The maximum absolute atomic E-state index is 2.59. The first-order valence-electron chi connectivity index (χ1n) is 10.9. The van der Waals surface area contributed by atoms with Gasteiger partial charge in [0.15, 0.2) is 0 Å². The van der Waals surface area contributed by atoms with Gasteiger partial charge in [-0.05, 0) is 50.0 Å². The SMILES string of the molecule is CCC[Si](CCC)C1(C)C(C)=C(C)C(C)=C1c1cc(C)cc([Si](C)(C)C)c1. The number of rotatable bonds is 7. The van der Waals surface area contributed by atoms with Crippen LogP contribution in [-0.4, -0.2) is 16.9 Å². The Labute approximate surface area is 171 Å². The molecule has 1 radical (unpaired) electrons. The Balaban J connectivity index is 2.72. The van der Waals surface area contributed by atoms with E-state index in [-0.39, 0.29) is 5.04 Å². The second kappa shape index (κ2) is 8.25. The largest absolute Gasteiger partial charge is 0.0776 e. The standard InChI is InChI=1S/C25H41Si2/c1-11-13-26(14-12-2)25(7)21(6)19(4)20(5)24(25)22-15-18(3)16-23(17-22)27(8,9)10/h15-17H,11-14H2,1-10H3. The van der Waals surface area contributed by atoms with Crippen LogP contribution in [0.4, 0.5) is 0 Å². The quantitative estimate of drug-likeness (QED) is 0.413. The molecule has 1 aliphatic rings. The van der Waals surface area contributed by atoms with Crippen LogP contribution in [0.15, 0.2) is 34.9 Å². The van der Waals surface area contributed by atoms with Crippen molar-refractivity contribution in [3.63, 3.8) is 0 Å². The van der Waals surface area contributed by atoms with Crippen LogP contribution in [0.25, 0.3) is 5.57 Å². The molecule has 0 fully saturated rings. The minimum absolute atomic E-state index is 0.273. The van der Waals surface area contributed by atoms with E-state index in [1.54, 1.807) is 27.5 Å². The van der Waals surface area contributed by atoms with Crippen LogP contribution in [0.2, 0.25) is 36.8 Å². The van der Waals surface area contributed by atoms with Crippen LogP contribution in [0.1, 0.15) is 65.5 Å². The lowest BCUT2D eigenvalue weighted by atomic mass is 9.89. The van der Waals surface area contributed by atoms with Crippen molar-refractivity contribution in [2.45, 2.75) is 98.1 Å². The molecule has 0 aromatic heterocycles. The number of hydrogen-bond acceptors (Lipinski definition) is 0. The van der Waals surface area contributed by atoms with Gasteiger partial charge >= 0.3 is 0 Å². The summed E-state index contributed by atoms with van der Waals surface area (Å²) < 4.78 is 0. The van der Waals surface area contributed by atoms with E-state index in [9.17, 15) is 0 Å². The van der Waals surface area contributed by atoms with E-state index < -0.39 is 16.9 Å². The Morgan fingerprint density at radius 1 is 0.852 bits per heavy atom. The second-order valence-electron chi connectivity index (χ2n) is 9.82. The van der Waals surface area contributed by atoms with Gasteiger partial charge in [0.05, 0.1) is 16.9 Å². The van der Waals surface area contributed by atoms with Crippen molar-refractivity contribution in [1.29, 1.82) is 0 Å². The van der Waals surface area contributed by atoms with E-state index in [1.165, 1.54) is 36.1 Å². The van der Waals surface area contributed by atoms with Crippen molar-refractivity contribution in [2.75, 3.05) is 0 Å². The number of benzene rings is 1. The average molecular weight is 398 g/mol. The molecular weight excluding hydrogens is 356 g/mol. The molecule has 2 rings (SSSR count). The highest BCUT2D eigenvalue weighted by molar-refractivity contribution is 6.88. The summed E-state index contributed by atoms with van der Waals surface area (Å²) in [4.78, 5) is 0. The van der Waals surface area contributed by atoms with E-state index in [0.717, 1.165) is 0 Å². The fourth-order valence-electron chi connectivity index (χ4n) is 4.94. The number of hydrogen-bond donors (Lipinski definition) is 0. The molecule has 0 bridgehead atoms. The molecule has 0 saturated carbocycles. The minimum Gasteiger partial charge on any atom is -0.0657 e. The Hall–Kier alpha value is -0.866. The van der Waals surface area contributed by atoms with E-state index in [0.29, 0.717) is 0 Å². The molecule has 149 valence electrons. The highest BCUT2D eigenvalue weighted by Gasteiger charge is 2.45. The molecule has 1 atom stereocenters. The van der Waals surface area contributed by atoms with Gasteiger partial charge in [-0.3, -0.25) is 0 Å². The third kappa shape index (κ3) is 4.12. The zero-order chi connectivity index (χ0) is 20.6. The molecule has 27 heavy (non-hydrogen) atoms. The van der Waals surface area contributed by atoms with Gasteiger partial charge in [-0.2, -0.15) is 0 Å². The average Bonchev–Trinajstić information content (AvgIpc) is 2.75. The van der Waals surface area contributed by atoms with Crippen molar-refractivity contribution in [3.05, 3.63) is 46.0 Å². The van der Waals surface area contributed by atoms with Gasteiger partial charge in [-0.25, -0.2) is 0 Å². The topological polar surface area (TPSA) is 0 Å². The fourth-order valence-corrected chi connectivity index (χ4v) is 10.1. The third-order valence-corrected chi connectivity index (χ3v) is 13.1. The van der Waals surface area contributed by atoms with Gasteiger partial charge < -0.3 is 0 Å². The third-order valence-electron chi connectivity index (χ3n) is 6.79. The Morgan fingerprint density at radius 2 is 1.41 bits per heavy atom. The summed E-state index contributed by atoms with van der Waals surface area (Å²) in [6.45, 7) is 24.2. The zero-order valence-corrected chi connectivity index (χ0v) is 21.6. The number of allylic oxidation sites excluding steroid dienone is 4. The second-order valence-corrected chi connectivity index (χ2v) is 18.1. The van der Waals surface area contributed by atoms with Crippen LogP contribution < -0.4 is 5.19 Å². The summed E-state index contributed by atoms with van der Waals surface area (Å²) in [5.74, 6) is 0. The summed E-state index contributed by atoms with van der Waals surface area (Å²) in [5.41, 5.74) is 9.36. The van der Waals surface area contributed by atoms with Gasteiger partial charge in [0, 0.05) is 5.04 Å². The van der Waals surface area contributed by atoms with E-state index in [2.05, 4.69) is 86.3 Å². The van der Waals surface area contributed by atoms with E-state index in [4.69, 9.17) is 0 Å². The molecule has 0 spiro atoms. The Kier molecular flexibility index (Phi) is 6.85. The molecular formula is C25H41Si2. The van der Waals surface area contributed by atoms with Crippen molar-refractivity contribution in [2.24, 2.45) is 0 Å². The lowest BCUT2D eigenvalue weighted by molar-refractivity contribution is 0.841. The van der Waals surface area contributed by atoms with Crippen molar-refractivity contribution >= 4 is 27.6 Å². The van der Waals surface area contributed by atoms with E-state index >= 15 is 0 Å². The highest BCUT2D eigenvalue weighted by atomic mass is 28.3. The van der Waals surface area contributed by atoms with E-state index in [1.807, 2.05) is 0 Å². The van der Waals surface area contributed by atoms with Gasteiger partial charge in [0.25, 0.3) is 0 Å². The molecule has 1 unspecified atom stereocenters. The summed E-state index contributed by atoms with van der Waals surface area (Å²) in [6, 6.07) is 10.3. The van der Waals surface area contributed by atoms with Crippen LogP contribution in [0.3, 0.4) is 0 Å². The first kappa shape index (κ1) is 22.4. The summed E-state index contributed by atoms with van der Waals surface area (Å²) in [5, 5.41) is 1.87. The molecule has 0 heterocycles. The van der Waals surface area contributed by atoms with Crippen LogP contribution in [-0.2, 0) is 0 Å². The predicted octanol–water partition coefficient (Wildman–Crippen LogP) is 7.74. The molecule has 1 aliphatic carbocycles. The molecule has 0 aliphatic heterocycles. The van der Waals surface area contributed by atoms with Gasteiger partial charge in [0.1, 0.15) is 0 Å². The predicted molar refractivity (Wildman–Crippen MR) is 129 cm³/mol. The Bertz CT molecular complexity index is 755. The van der Waals surface area contributed by atoms with Crippen molar-refractivity contribution in [3.8, 4) is 0 Å². The maximum atomic E-state index is 2.59. The molecule has 0 saturated heterocycles. The smallest absolute Gasteiger partial charge is 0.0657 e. The summed E-state index contributed by atoms with van der Waals surface area (Å²) in [6.07, 6.45) is 2.63. The fraction of sp³-hybridized carbons (Fsp3) is 0.600. The molecule has 2 heteroatoms. The maximum Gasteiger partial charge on any atom is 0.0776 e. The Morgan fingerprint density at radius 3 is 1.89 bits per heavy atom. The van der Waals surface area contributed by atoms with Gasteiger partial charge in [-0.1, -0.05) is 99.9 Å². The minimum atomic E-state index is -1.33. The van der Waals surface area contributed by atoms with Crippen LogP contribution in [0.5, 0.6) is 0 Å². The summed E-state index contributed by atoms with van der Waals surface area (Å²) >= 11 is 0. The van der Waals surface area contributed by atoms with Gasteiger partial charge in [-0.15, -0.1) is 0 Å². The lowest BCUT2D eigenvalue weighted by Crippen LogP contribution is -2.38. The highest BCUT2D eigenvalue weighted by Crippen LogP contribution is 2.60. The molecule has 1 aromatic carbocycles. The zero-order valence-electron chi connectivity index (χ0n) is 19.6. The van der Waals surface area contributed by atoms with Crippen LogP contribution >= 0.6 is 0 Å². The van der Waals surface area contributed by atoms with Crippen molar-refractivity contribution in [1.82, 2.24) is 0 Å². The molecule has 0 nitrogen and oxygen atoms in total. The molecule has 0 amide bonds. The monoisotopic (exact) mass is 397 g/mol. The normalized spacial score (nSPS) is 21.0. The number of aryl methyl sites for hydroxylation is 1. The lowest BCUT2D eigenvalue weighted by Gasteiger charge is -2.39. The van der Waals surface area contributed by atoms with Crippen LogP contribution in [0, 0.1) is 6.92 Å². The molecule has 0 N–H and O–H groups in total. The summed E-state index contributed by atoms with van der Waals surface area (Å²) in [7, 11) is -1.83.